The van der Waals surface area contributed by atoms with Gasteiger partial charge in [-0.05, 0) is 49.2 Å². The Balaban J connectivity index is 1.43. The predicted octanol–water partition coefficient (Wildman–Crippen LogP) is 3.81. The van der Waals surface area contributed by atoms with Crippen molar-refractivity contribution in [2.24, 2.45) is 5.92 Å². The molecule has 2 N–H and O–H groups in total. The number of nitrogens with one attached hydrogen (secondary N) is 2. The number of benzene rings is 2. The zero-order valence-electron chi connectivity index (χ0n) is 17.5. The van der Waals surface area contributed by atoms with Gasteiger partial charge >= 0.3 is 0 Å². The highest BCUT2D eigenvalue weighted by atomic mass is 16.2. The first-order chi connectivity index (χ1) is 15.1. The summed E-state index contributed by atoms with van der Waals surface area (Å²) in [6.45, 7) is 1.93. The van der Waals surface area contributed by atoms with E-state index in [9.17, 15) is 9.59 Å². The second-order valence-corrected chi connectivity index (χ2v) is 7.93. The number of aromatic nitrogens is 4. The summed E-state index contributed by atoms with van der Waals surface area (Å²) in [5.74, 6) is 0.210. The van der Waals surface area contributed by atoms with Gasteiger partial charge in [-0.15, -0.1) is 10.2 Å². The van der Waals surface area contributed by atoms with Crippen LogP contribution in [0.1, 0.15) is 37.7 Å². The molecule has 1 heterocycles. The maximum absolute atomic E-state index is 12.7. The summed E-state index contributed by atoms with van der Waals surface area (Å²) in [4.78, 5) is 26.2. The number of hydrogen-bond donors (Lipinski definition) is 2. The minimum absolute atomic E-state index is 0.0389. The van der Waals surface area contributed by atoms with E-state index in [4.69, 9.17) is 0 Å². The number of carbonyl (C=O) groups is 2. The molecule has 1 aliphatic rings. The molecule has 1 aliphatic carbocycles. The van der Waals surface area contributed by atoms with Crippen LogP contribution >= 0.6 is 0 Å². The SMILES string of the molecule is Cc1ccc(NC(=O)Cn2nnc(-c3ccccc3NC(=O)C3CCCCC3)n2)cc1. The summed E-state index contributed by atoms with van der Waals surface area (Å²) in [6.07, 6.45) is 5.25. The fourth-order valence-electron chi connectivity index (χ4n) is 3.77. The van der Waals surface area contributed by atoms with Crippen molar-refractivity contribution in [1.82, 2.24) is 20.2 Å². The molecular formula is C23H26N6O2. The molecule has 3 aromatic rings. The molecular weight excluding hydrogens is 392 g/mol. The molecule has 0 radical (unpaired) electrons. The number of rotatable bonds is 6. The second-order valence-electron chi connectivity index (χ2n) is 7.93. The Kier molecular flexibility index (Phi) is 6.35. The van der Waals surface area contributed by atoms with Gasteiger partial charge in [0, 0.05) is 17.2 Å². The number of tetrazole rings is 1. The van der Waals surface area contributed by atoms with Gasteiger partial charge in [-0.3, -0.25) is 9.59 Å². The third-order valence-corrected chi connectivity index (χ3v) is 5.47. The number of nitrogens with zero attached hydrogens (tertiary/aromatic N) is 4. The molecule has 0 spiro atoms. The van der Waals surface area contributed by atoms with Crippen molar-refractivity contribution >= 4 is 23.2 Å². The summed E-state index contributed by atoms with van der Waals surface area (Å²) in [7, 11) is 0. The van der Waals surface area contributed by atoms with E-state index in [0.717, 1.165) is 31.2 Å². The van der Waals surface area contributed by atoms with Crippen LogP contribution in [0.25, 0.3) is 11.4 Å². The molecule has 1 fully saturated rings. The molecule has 4 rings (SSSR count). The maximum Gasteiger partial charge on any atom is 0.248 e. The van der Waals surface area contributed by atoms with Gasteiger partial charge in [0.15, 0.2) is 0 Å². The van der Waals surface area contributed by atoms with Crippen LogP contribution in [0.4, 0.5) is 11.4 Å². The van der Waals surface area contributed by atoms with Crippen LogP contribution in [0.2, 0.25) is 0 Å². The van der Waals surface area contributed by atoms with Crippen molar-refractivity contribution in [3.8, 4) is 11.4 Å². The van der Waals surface area contributed by atoms with Gasteiger partial charge < -0.3 is 10.6 Å². The minimum Gasteiger partial charge on any atom is -0.325 e. The molecule has 0 aliphatic heterocycles. The highest BCUT2D eigenvalue weighted by molar-refractivity contribution is 5.96. The number of hydrogen-bond acceptors (Lipinski definition) is 5. The smallest absolute Gasteiger partial charge is 0.248 e. The van der Waals surface area contributed by atoms with Crippen LogP contribution < -0.4 is 10.6 Å². The fraction of sp³-hybridized carbons (Fsp3) is 0.348. The van der Waals surface area contributed by atoms with E-state index in [1.165, 1.54) is 11.2 Å². The zero-order valence-corrected chi connectivity index (χ0v) is 17.5. The van der Waals surface area contributed by atoms with Gasteiger partial charge in [0.1, 0.15) is 6.54 Å². The second kappa shape index (κ2) is 9.51. The minimum atomic E-state index is -0.244. The molecule has 0 unspecified atom stereocenters. The van der Waals surface area contributed by atoms with Gasteiger partial charge in [0.05, 0.1) is 5.69 Å². The van der Waals surface area contributed by atoms with Gasteiger partial charge in [-0.2, -0.15) is 4.80 Å². The predicted molar refractivity (Wildman–Crippen MR) is 118 cm³/mol. The topological polar surface area (TPSA) is 102 Å². The quantitative estimate of drug-likeness (QED) is 0.634. The van der Waals surface area contributed by atoms with E-state index in [1.807, 2.05) is 55.5 Å². The van der Waals surface area contributed by atoms with Crippen molar-refractivity contribution in [2.75, 3.05) is 10.6 Å². The van der Waals surface area contributed by atoms with E-state index >= 15 is 0 Å². The van der Waals surface area contributed by atoms with Crippen LogP contribution in [0.5, 0.6) is 0 Å². The Morgan fingerprint density at radius 1 is 1.00 bits per heavy atom. The fourth-order valence-corrected chi connectivity index (χ4v) is 3.77. The molecule has 1 aromatic heterocycles. The summed E-state index contributed by atoms with van der Waals surface area (Å²) in [5.41, 5.74) is 3.17. The van der Waals surface area contributed by atoms with Crippen LogP contribution in [0.3, 0.4) is 0 Å². The number of anilines is 2. The molecule has 1 saturated carbocycles. The van der Waals surface area contributed by atoms with Gasteiger partial charge in [-0.1, -0.05) is 49.1 Å². The number of carbonyl (C=O) groups excluding carboxylic acids is 2. The molecule has 160 valence electrons. The lowest BCUT2D eigenvalue weighted by Gasteiger charge is -2.21. The first-order valence-corrected chi connectivity index (χ1v) is 10.6. The van der Waals surface area contributed by atoms with Crippen molar-refractivity contribution in [3.63, 3.8) is 0 Å². The van der Waals surface area contributed by atoms with Gasteiger partial charge in [-0.25, -0.2) is 0 Å². The number of amides is 2. The molecule has 0 atom stereocenters. The molecule has 8 nitrogen and oxygen atoms in total. The van der Waals surface area contributed by atoms with Crippen molar-refractivity contribution in [3.05, 3.63) is 54.1 Å². The molecule has 0 bridgehead atoms. The van der Waals surface area contributed by atoms with E-state index in [2.05, 4.69) is 26.0 Å². The lowest BCUT2D eigenvalue weighted by molar-refractivity contribution is -0.120. The Morgan fingerprint density at radius 2 is 1.74 bits per heavy atom. The molecule has 31 heavy (non-hydrogen) atoms. The van der Waals surface area contributed by atoms with Crippen LogP contribution in [-0.4, -0.2) is 32.0 Å². The third kappa shape index (κ3) is 5.33. The number of para-hydroxylation sites is 1. The van der Waals surface area contributed by atoms with Gasteiger partial charge in [0.2, 0.25) is 17.6 Å². The molecule has 2 aromatic carbocycles. The van der Waals surface area contributed by atoms with Crippen LogP contribution in [-0.2, 0) is 16.1 Å². The highest BCUT2D eigenvalue weighted by Crippen LogP contribution is 2.28. The maximum atomic E-state index is 12.7. The monoisotopic (exact) mass is 418 g/mol. The lowest BCUT2D eigenvalue weighted by atomic mass is 9.88. The largest absolute Gasteiger partial charge is 0.325 e. The van der Waals surface area contributed by atoms with Gasteiger partial charge in [0.25, 0.3) is 0 Å². The Hall–Kier alpha value is -3.55. The summed E-state index contributed by atoms with van der Waals surface area (Å²) >= 11 is 0. The van der Waals surface area contributed by atoms with E-state index in [1.54, 1.807) is 0 Å². The van der Waals surface area contributed by atoms with Crippen molar-refractivity contribution < 1.29 is 9.59 Å². The average molecular weight is 419 g/mol. The van der Waals surface area contributed by atoms with E-state index in [-0.39, 0.29) is 24.3 Å². The first-order valence-electron chi connectivity index (χ1n) is 10.6. The van der Waals surface area contributed by atoms with Crippen LogP contribution in [0, 0.1) is 12.8 Å². The zero-order chi connectivity index (χ0) is 21.6. The van der Waals surface area contributed by atoms with Crippen LogP contribution in [0.15, 0.2) is 48.5 Å². The first kappa shape index (κ1) is 20.7. The standard InChI is InChI=1S/C23H26N6O2/c1-16-11-13-18(14-12-16)24-21(30)15-29-27-22(26-28-29)19-9-5-6-10-20(19)25-23(31)17-7-3-2-4-8-17/h5-6,9-14,17H,2-4,7-8,15H2,1H3,(H,24,30)(H,25,31). The Labute approximate surface area is 181 Å². The normalized spacial score (nSPS) is 14.2. The summed E-state index contributed by atoms with van der Waals surface area (Å²) in [6, 6.07) is 14.9. The summed E-state index contributed by atoms with van der Waals surface area (Å²) < 4.78 is 0. The lowest BCUT2D eigenvalue weighted by Crippen LogP contribution is -2.25. The Bertz CT molecular complexity index is 1050. The molecule has 0 saturated heterocycles. The average Bonchev–Trinajstić information content (AvgIpc) is 3.24. The highest BCUT2D eigenvalue weighted by Gasteiger charge is 2.22. The van der Waals surface area contributed by atoms with E-state index in [0.29, 0.717) is 22.8 Å². The van der Waals surface area contributed by atoms with Crippen molar-refractivity contribution in [2.45, 2.75) is 45.6 Å². The summed E-state index contributed by atoms with van der Waals surface area (Å²) in [5, 5.41) is 18.3. The van der Waals surface area contributed by atoms with E-state index < -0.39 is 0 Å². The Morgan fingerprint density at radius 3 is 2.52 bits per heavy atom. The molecule has 2 amide bonds. The van der Waals surface area contributed by atoms with Crippen molar-refractivity contribution in [1.29, 1.82) is 0 Å². The number of aryl methyl sites for hydroxylation is 1. The third-order valence-electron chi connectivity index (χ3n) is 5.47. The molecule has 8 heteroatoms.